The van der Waals surface area contributed by atoms with Gasteiger partial charge in [0.1, 0.15) is 0 Å². The van der Waals surface area contributed by atoms with Gasteiger partial charge in [0.05, 0.1) is 12.8 Å². The third-order valence-corrected chi connectivity index (χ3v) is 3.87. The van der Waals surface area contributed by atoms with E-state index >= 15 is 0 Å². The van der Waals surface area contributed by atoms with Crippen molar-refractivity contribution in [3.63, 3.8) is 0 Å². The van der Waals surface area contributed by atoms with Crippen LogP contribution in [0.2, 0.25) is 0 Å². The standard InChI is InChI=1S/C15H20BrN3O/c16-14-7-5-13(6-8-14)11-17-18-15(20)12-19-9-3-1-2-4-10-19/h5-8,11H,1-4,9-10,12H2,(H,18,20). The molecule has 20 heavy (non-hydrogen) atoms. The van der Waals surface area contributed by atoms with Crippen LogP contribution in [-0.4, -0.2) is 36.7 Å². The summed E-state index contributed by atoms with van der Waals surface area (Å²) < 4.78 is 1.03. The molecule has 1 heterocycles. The van der Waals surface area contributed by atoms with Crippen molar-refractivity contribution in [3.05, 3.63) is 34.3 Å². The van der Waals surface area contributed by atoms with Crippen molar-refractivity contribution in [3.8, 4) is 0 Å². The molecule has 0 atom stereocenters. The van der Waals surface area contributed by atoms with Crippen molar-refractivity contribution < 1.29 is 4.79 Å². The summed E-state index contributed by atoms with van der Waals surface area (Å²) >= 11 is 3.38. The molecule has 5 heteroatoms. The molecule has 1 amide bonds. The molecule has 1 saturated heterocycles. The summed E-state index contributed by atoms with van der Waals surface area (Å²) in [6, 6.07) is 7.77. The highest BCUT2D eigenvalue weighted by molar-refractivity contribution is 9.10. The Hall–Kier alpha value is -1.20. The first-order valence-electron chi connectivity index (χ1n) is 7.04. The third-order valence-electron chi connectivity index (χ3n) is 3.34. The van der Waals surface area contributed by atoms with Crippen molar-refractivity contribution in [1.29, 1.82) is 0 Å². The summed E-state index contributed by atoms with van der Waals surface area (Å²) in [5.41, 5.74) is 3.55. The summed E-state index contributed by atoms with van der Waals surface area (Å²) in [5.74, 6) is -0.0414. The van der Waals surface area contributed by atoms with Crippen LogP contribution >= 0.6 is 15.9 Å². The summed E-state index contributed by atoms with van der Waals surface area (Å²) in [6.07, 6.45) is 6.59. The van der Waals surface area contributed by atoms with Crippen molar-refractivity contribution in [2.24, 2.45) is 5.10 Å². The second kappa shape index (κ2) is 8.17. The molecule has 1 fully saturated rings. The lowest BCUT2D eigenvalue weighted by Gasteiger charge is -2.17. The zero-order chi connectivity index (χ0) is 14.2. The molecule has 0 spiro atoms. The van der Waals surface area contributed by atoms with Crippen LogP contribution in [0.15, 0.2) is 33.8 Å². The molecule has 0 aliphatic carbocycles. The average molecular weight is 338 g/mol. The molecule has 2 rings (SSSR count). The van der Waals surface area contributed by atoms with Gasteiger partial charge in [-0.15, -0.1) is 0 Å². The Kier molecular flexibility index (Phi) is 6.21. The Labute approximate surface area is 128 Å². The molecule has 0 unspecified atom stereocenters. The maximum atomic E-state index is 11.8. The predicted octanol–water partition coefficient (Wildman–Crippen LogP) is 2.78. The minimum absolute atomic E-state index is 0.0414. The molecule has 0 radical (unpaired) electrons. The number of likely N-dealkylation sites (tertiary alicyclic amines) is 1. The highest BCUT2D eigenvalue weighted by atomic mass is 79.9. The lowest BCUT2D eigenvalue weighted by molar-refractivity contribution is -0.122. The van der Waals surface area contributed by atoms with Gasteiger partial charge < -0.3 is 0 Å². The van der Waals surface area contributed by atoms with Crippen molar-refractivity contribution in [1.82, 2.24) is 10.3 Å². The predicted molar refractivity (Wildman–Crippen MR) is 84.8 cm³/mol. The first-order chi connectivity index (χ1) is 9.74. The third kappa shape index (κ3) is 5.43. The normalized spacial score (nSPS) is 17.1. The first kappa shape index (κ1) is 15.2. The molecule has 1 aromatic carbocycles. The lowest BCUT2D eigenvalue weighted by Crippen LogP contribution is -2.35. The number of hydrazone groups is 1. The number of rotatable bonds is 4. The van der Waals surface area contributed by atoms with E-state index in [1.807, 2.05) is 24.3 Å². The summed E-state index contributed by atoms with van der Waals surface area (Å²) in [5, 5.41) is 3.99. The van der Waals surface area contributed by atoms with Crippen molar-refractivity contribution >= 4 is 28.1 Å². The highest BCUT2D eigenvalue weighted by Crippen LogP contribution is 2.09. The zero-order valence-corrected chi connectivity index (χ0v) is 13.1. The monoisotopic (exact) mass is 337 g/mol. The topological polar surface area (TPSA) is 44.7 Å². The van der Waals surface area contributed by atoms with Gasteiger partial charge in [-0.2, -0.15) is 5.10 Å². The maximum absolute atomic E-state index is 11.8. The fraction of sp³-hybridized carbons (Fsp3) is 0.467. The fourth-order valence-electron chi connectivity index (χ4n) is 2.26. The Morgan fingerprint density at radius 3 is 2.50 bits per heavy atom. The molecule has 0 bridgehead atoms. The van der Waals surface area contributed by atoms with E-state index in [4.69, 9.17) is 0 Å². The average Bonchev–Trinajstić information content (AvgIpc) is 2.70. The molecule has 0 saturated carbocycles. The molecular formula is C15H20BrN3O. The van der Waals surface area contributed by atoms with Gasteiger partial charge in [0, 0.05) is 4.47 Å². The van der Waals surface area contributed by atoms with Gasteiger partial charge in [0.25, 0.3) is 5.91 Å². The largest absolute Gasteiger partial charge is 0.294 e. The van der Waals surface area contributed by atoms with Gasteiger partial charge in [-0.3, -0.25) is 9.69 Å². The Morgan fingerprint density at radius 1 is 1.20 bits per heavy atom. The van der Waals surface area contributed by atoms with E-state index in [-0.39, 0.29) is 5.91 Å². The Balaban J connectivity index is 1.75. The molecule has 1 N–H and O–H groups in total. The second-order valence-corrected chi connectivity index (χ2v) is 5.95. The van der Waals surface area contributed by atoms with Crippen LogP contribution in [0.25, 0.3) is 0 Å². The fourth-order valence-corrected chi connectivity index (χ4v) is 2.52. The van der Waals surface area contributed by atoms with Crippen molar-refractivity contribution in [2.45, 2.75) is 25.7 Å². The van der Waals surface area contributed by atoms with Crippen LogP contribution in [0.1, 0.15) is 31.2 Å². The summed E-state index contributed by atoms with van der Waals surface area (Å²) in [4.78, 5) is 14.0. The van der Waals surface area contributed by atoms with Crippen LogP contribution in [0.3, 0.4) is 0 Å². The lowest BCUT2D eigenvalue weighted by atomic mass is 10.2. The summed E-state index contributed by atoms with van der Waals surface area (Å²) in [7, 11) is 0. The number of amides is 1. The number of carbonyl (C=O) groups is 1. The van der Waals surface area contributed by atoms with Gasteiger partial charge in [-0.1, -0.05) is 40.9 Å². The van der Waals surface area contributed by atoms with E-state index < -0.39 is 0 Å². The van der Waals surface area contributed by atoms with E-state index in [0.717, 1.165) is 23.1 Å². The van der Waals surface area contributed by atoms with Gasteiger partial charge in [0.15, 0.2) is 0 Å². The minimum Gasteiger partial charge on any atom is -0.294 e. The second-order valence-electron chi connectivity index (χ2n) is 5.04. The van der Waals surface area contributed by atoms with Crippen molar-refractivity contribution in [2.75, 3.05) is 19.6 Å². The van der Waals surface area contributed by atoms with Gasteiger partial charge >= 0.3 is 0 Å². The quantitative estimate of drug-likeness (QED) is 0.678. The van der Waals surface area contributed by atoms with Gasteiger partial charge in [-0.25, -0.2) is 5.43 Å². The number of benzene rings is 1. The van der Waals surface area contributed by atoms with Gasteiger partial charge in [-0.05, 0) is 43.6 Å². The molecular weight excluding hydrogens is 318 g/mol. The van der Waals surface area contributed by atoms with Crippen LogP contribution in [0.5, 0.6) is 0 Å². The smallest absolute Gasteiger partial charge is 0.254 e. The van der Waals surface area contributed by atoms with Crippen LogP contribution < -0.4 is 5.43 Å². The summed E-state index contributed by atoms with van der Waals surface area (Å²) in [6.45, 7) is 2.48. The molecule has 108 valence electrons. The molecule has 1 aliphatic heterocycles. The molecule has 4 nitrogen and oxygen atoms in total. The first-order valence-corrected chi connectivity index (χ1v) is 7.83. The van der Waals surface area contributed by atoms with E-state index in [9.17, 15) is 4.79 Å². The van der Waals surface area contributed by atoms with Gasteiger partial charge in [0.2, 0.25) is 0 Å². The van der Waals surface area contributed by atoms with E-state index in [1.165, 1.54) is 25.7 Å². The van der Waals surface area contributed by atoms with E-state index in [0.29, 0.717) is 6.54 Å². The highest BCUT2D eigenvalue weighted by Gasteiger charge is 2.12. The number of hydrogen-bond acceptors (Lipinski definition) is 3. The molecule has 1 aromatic rings. The van der Waals surface area contributed by atoms with Crippen LogP contribution in [0, 0.1) is 0 Å². The Bertz CT molecular complexity index is 451. The number of halogens is 1. The number of nitrogens with one attached hydrogen (secondary N) is 1. The van der Waals surface area contributed by atoms with Crippen LogP contribution in [-0.2, 0) is 4.79 Å². The number of carbonyl (C=O) groups excluding carboxylic acids is 1. The SMILES string of the molecule is O=C(CN1CCCCCC1)NN=Cc1ccc(Br)cc1. The van der Waals surface area contributed by atoms with E-state index in [2.05, 4.69) is 31.4 Å². The minimum atomic E-state index is -0.0414. The van der Waals surface area contributed by atoms with Crippen LogP contribution in [0.4, 0.5) is 0 Å². The Morgan fingerprint density at radius 2 is 1.85 bits per heavy atom. The number of hydrogen-bond donors (Lipinski definition) is 1. The van der Waals surface area contributed by atoms with E-state index in [1.54, 1.807) is 6.21 Å². The number of nitrogens with zero attached hydrogens (tertiary/aromatic N) is 2. The molecule has 1 aliphatic rings. The zero-order valence-electron chi connectivity index (χ0n) is 11.5. The molecule has 0 aromatic heterocycles. The maximum Gasteiger partial charge on any atom is 0.254 e.